The normalized spacial score (nSPS) is 11.0. The van der Waals surface area contributed by atoms with Crippen LogP contribution in [-0.4, -0.2) is 24.9 Å². The smallest absolute Gasteiger partial charge is 0.355 e. The standard InChI is InChI=1S/C23H18ClF3N4O3/c1-29-20(32)14-3-2-4-15(11-14)30-21(33)13-5-7-16(8-6-13)31(22(28)34)17-9-10-19(24)18(12-17)23(25,26)27/h2-12H,1H3,(H2,28,34)(H,29,32)(H,30,33). The van der Waals surface area contributed by atoms with Crippen molar-refractivity contribution in [2.75, 3.05) is 17.3 Å². The number of primary amides is 1. The van der Waals surface area contributed by atoms with Crippen LogP contribution in [-0.2, 0) is 6.18 Å². The molecule has 0 fully saturated rings. The summed E-state index contributed by atoms with van der Waals surface area (Å²) >= 11 is 5.65. The van der Waals surface area contributed by atoms with Gasteiger partial charge in [-0.1, -0.05) is 17.7 Å². The Balaban J connectivity index is 1.85. The van der Waals surface area contributed by atoms with Crippen molar-refractivity contribution in [2.45, 2.75) is 6.18 Å². The number of carbonyl (C=O) groups is 3. The van der Waals surface area contributed by atoms with Crippen LogP contribution in [0.4, 0.5) is 35.0 Å². The maximum absolute atomic E-state index is 13.2. The Kier molecular flexibility index (Phi) is 7.11. The predicted molar refractivity (Wildman–Crippen MR) is 122 cm³/mol. The van der Waals surface area contributed by atoms with Gasteiger partial charge in [0.25, 0.3) is 11.8 Å². The summed E-state index contributed by atoms with van der Waals surface area (Å²) in [7, 11) is 1.48. The number of hydrogen-bond donors (Lipinski definition) is 3. The van der Waals surface area contributed by atoms with Crippen LogP contribution in [0.3, 0.4) is 0 Å². The topological polar surface area (TPSA) is 105 Å². The number of benzene rings is 3. The number of rotatable bonds is 5. The van der Waals surface area contributed by atoms with Gasteiger partial charge in [0.2, 0.25) is 0 Å². The van der Waals surface area contributed by atoms with Crippen molar-refractivity contribution in [2.24, 2.45) is 5.73 Å². The van der Waals surface area contributed by atoms with E-state index in [-0.39, 0.29) is 22.8 Å². The van der Waals surface area contributed by atoms with Gasteiger partial charge in [-0.25, -0.2) is 4.79 Å². The number of anilines is 3. The Morgan fingerprint density at radius 2 is 1.53 bits per heavy atom. The van der Waals surface area contributed by atoms with Crippen molar-refractivity contribution >= 4 is 46.5 Å². The van der Waals surface area contributed by atoms with Crippen molar-refractivity contribution in [3.8, 4) is 0 Å². The largest absolute Gasteiger partial charge is 0.417 e. The molecule has 0 radical (unpaired) electrons. The Morgan fingerprint density at radius 3 is 2.12 bits per heavy atom. The maximum Gasteiger partial charge on any atom is 0.417 e. The lowest BCUT2D eigenvalue weighted by atomic mass is 10.1. The van der Waals surface area contributed by atoms with Gasteiger partial charge < -0.3 is 16.4 Å². The highest BCUT2D eigenvalue weighted by Crippen LogP contribution is 2.38. The van der Waals surface area contributed by atoms with Crippen LogP contribution in [0.25, 0.3) is 0 Å². The van der Waals surface area contributed by atoms with Gasteiger partial charge in [-0.05, 0) is 60.7 Å². The second-order valence-electron chi connectivity index (χ2n) is 7.00. The molecule has 0 saturated carbocycles. The number of halogens is 4. The summed E-state index contributed by atoms with van der Waals surface area (Å²) in [4.78, 5) is 37.2. The molecule has 0 aliphatic rings. The first-order valence-electron chi connectivity index (χ1n) is 9.71. The number of amides is 4. The van der Waals surface area contributed by atoms with E-state index in [4.69, 9.17) is 17.3 Å². The van der Waals surface area contributed by atoms with Crippen molar-refractivity contribution in [1.29, 1.82) is 0 Å². The summed E-state index contributed by atoms with van der Waals surface area (Å²) in [5.41, 5.74) is 5.22. The second-order valence-corrected chi connectivity index (χ2v) is 7.40. The van der Waals surface area contributed by atoms with Gasteiger partial charge in [-0.2, -0.15) is 13.2 Å². The molecule has 0 heterocycles. The number of alkyl halides is 3. The van der Waals surface area contributed by atoms with Gasteiger partial charge in [0.05, 0.1) is 22.0 Å². The highest BCUT2D eigenvalue weighted by molar-refractivity contribution is 6.31. The fourth-order valence-corrected chi connectivity index (χ4v) is 3.35. The van der Waals surface area contributed by atoms with E-state index >= 15 is 0 Å². The maximum atomic E-state index is 13.2. The van der Waals surface area contributed by atoms with Crippen LogP contribution in [0.1, 0.15) is 26.3 Å². The van der Waals surface area contributed by atoms with E-state index in [0.29, 0.717) is 17.3 Å². The van der Waals surface area contributed by atoms with Crippen LogP contribution in [0.15, 0.2) is 66.7 Å². The quantitative estimate of drug-likeness (QED) is 0.458. The molecule has 0 atom stereocenters. The molecule has 3 rings (SSSR count). The Bertz CT molecular complexity index is 1250. The minimum absolute atomic E-state index is 0.140. The number of nitrogens with one attached hydrogen (secondary N) is 2. The van der Waals surface area contributed by atoms with Gasteiger partial charge in [-0.3, -0.25) is 14.5 Å². The Labute approximate surface area is 197 Å². The van der Waals surface area contributed by atoms with Crippen LogP contribution >= 0.6 is 11.6 Å². The highest BCUT2D eigenvalue weighted by atomic mass is 35.5. The highest BCUT2D eigenvalue weighted by Gasteiger charge is 2.34. The van der Waals surface area contributed by atoms with E-state index < -0.39 is 28.7 Å². The monoisotopic (exact) mass is 490 g/mol. The fourth-order valence-electron chi connectivity index (χ4n) is 3.12. The molecule has 0 saturated heterocycles. The lowest BCUT2D eigenvalue weighted by Gasteiger charge is -2.22. The van der Waals surface area contributed by atoms with E-state index in [1.807, 2.05) is 0 Å². The molecular formula is C23H18ClF3N4O3. The molecule has 0 aliphatic heterocycles. The number of carbonyl (C=O) groups excluding carboxylic acids is 3. The summed E-state index contributed by atoms with van der Waals surface area (Å²) in [6, 6.07) is 13.7. The lowest BCUT2D eigenvalue weighted by Crippen LogP contribution is -2.31. The van der Waals surface area contributed by atoms with Crippen molar-refractivity contribution in [3.05, 3.63) is 88.4 Å². The average molecular weight is 491 g/mol. The van der Waals surface area contributed by atoms with Gasteiger partial charge in [0, 0.05) is 23.9 Å². The molecule has 7 nitrogen and oxygen atoms in total. The van der Waals surface area contributed by atoms with Crippen molar-refractivity contribution in [3.63, 3.8) is 0 Å². The van der Waals surface area contributed by atoms with Gasteiger partial charge >= 0.3 is 12.2 Å². The Hall–Kier alpha value is -4.05. The zero-order valence-corrected chi connectivity index (χ0v) is 18.4. The molecule has 0 unspecified atom stereocenters. The van der Waals surface area contributed by atoms with Crippen LogP contribution in [0.2, 0.25) is 5.02 Å². The van der Waals surface area contributed by atoms with Gasteiger partial charge in [0.1, 0.15) is 0 Å². The second kappa shape index (κ2) is 9.84. The molecule has 3 aromatic carbocycles. The first kappa shape index (κ1) is 24.6. The molecule has 4 amide bonds. The van der Waals surface area contributed by atoms with Gasteiger partial charge in [-0.15, -0.1) is 0 Å². The van der Waals surface area contributed by atoms with Gasteiger partial charge in [0.15, 0.2) is 0 Å². The molecule has 34 heavy (non-hydrogen) atoms. The predicted octanol–water partition coefficient (Wildman–Crippen LogP) is 5.19. The Morgan fingerprint density at radius 1 is 0.882 bits per heavy atom. The first-order valence-corrected chi connectivity index (χ1v) is 10.1. The molecule has 4 N–H and O–H groups in total. The zero-order valence-electron chi connectivity index (χ0n) is 17.6. The summed E-state index contributed by atoms with van der Waals surface area (Å²) < 4.78 is 39.7. The number of nitrogens with two attached hydrogens (primary N) is 1. The van der Waals surface area contributed by atoms with Crippen molar-refractivity contribution in [1.82, 2.24) is 5.32 Å². The third-order valence-corrected chi connectivity index (χ3v) is 5.06. The minimum Gasteiger partial charge on any atom is -0.355 e. The van der Waals surface area contributed by atoms with Crippen LogP contribution in [0, 0.1) is 0 Å². The molecule has 11 heteroatoms. The van der Waals surface area contributed by atoms with Crippen molar-refractivity contribution < 1.29 is 27.6 Å². The molecular weight excluding hydrogens is 473 g/mol. The summed E-state index contributed by atoms with van der Waals surface area (Å²) in [5, 5.41) is 4.61. The van der Waals surface area contributed by atoms with E-state index in [2.05, 4.69) is 10.6 Å². The third kappa shape index (κ3) is 5.46. The van der Waals surface area contributed by atoms with Crippen LogP contribution < -0.4 is 21.3 Å². The van der Waals surface area contributed by atoms with Crippen LogP contribution in [0.5, 0.6) is 0 Å². The fraction of sp³-hybridized carbons (Fsp3) is 0.0870. The van der Waals surface area contributed by atoms with E-state index in [0.717, 1.165) is 11.0 Å². The minimum atomic E-state index is -4.73. The van der Waals surface area contributed by atoms with E-state index in [1.54, 1.807) is 18.2 Å². The first-order chi connectivity index (χ1) is 16.0. The molecule has 3 aromatic rings. The zero-order chi connectivity index (χ0) is 25.0. The van der Waals surface area contributed by atoms with E-state index in [1.165, 1.54) is 43.4 Å². The number of urea groups is 1. The average Bonchev–Trinajstić information content (AvgIpc) is 2.79. The SMILES string of the molecule is CNC(=O)c1cccc(NC(=O)c2ccc(N(C(N)=O)c3ccc(Cl)c(C(F)(F)F)c3)cc2)c1. The molecule has 176 valence electrons. The number of hydrogen-bond acceptors (Lipinski definition) is 3. The summed E-state index contributed by atoms with van der Waals surface area (Å²) in [5.74, 6) is -0.819. The summed E-state index contributed by atoms with van der Waals surface area (Å²) in [6.45, 7) is 0. The third-order valence-electron chi connectivity index (χ3n) is 4.73. The lowest BCUT2D eigenvalue weighted by molar-refractivity contribution is -0.137. The molecule has 0 bridgehead atoms. The summed E-state index contributed by atoms with van der Waals surface area (Å²) in [6.07, 6.45) is -4.73. The molecule has 0 spiro atoms. The number of nitrogens with zero attached hydrogens (tertiary/aromatic N) is 1. The molecule has 0 aromatic heterocycles. The molecule has 0 aliphatic carbocycles. The van der Waals surface area contributed by atoms with E-state index in [9.17, 15) is 27.6 Å².